The Bertz CT molecular complexity index is 288. The molecule has 2 aliphatic rings. The first-order valence-electron chi connectivity index (χ1n) is 6.28. The third-order valence-electron chi connectivity index (χ3n) is 3.54. The molecule has 1 spiro atoms. The van der Waals surface area contributed by atoms with E-state index in [0.29, 0.717) is 6.61 Å². The SMILES string of the molecule is CCOC(=O)/C=C1/CCCC12CCCCO2. The van der Waals surface area contributed by atoms with Crippen LogP contribution in [0, 0.1) is 0 Å². The minimum atomic E-state index is -0.215. The van der Waals surface area contributed by atoms with E-state index < -0.39 is 0 Å². The van der Waals surface area contributed by atoms with E-state index in [1.165, 1.54) is 6.42 Å². The lowest BCUT2D eigenvalue weighted by atomic mass is 9.88. The lowest BCUT2D eigenvalue weighted by molar-refractivity contribution is -0.137. The zero-order valence-corrected chi connectivity index (χ0v) is 9.96. The van der Waals surface area contributed by atoms with Crippen LogP contribution in [0.15, 0.2) is 11.6 Å². The maximum absolute atomic E-state index is 11.5. The van der Waals surface area contributed by atoms with Gasteiger partial charge in [0.05, 0.1) is 12.2 Å². The number of rotatable bonds is 2. The number of hydrogen-bond acceptors (Lipinski definition) is 3. The van der Waals surface area contributed by atoms with Crippen molar-refractivity contribution in [1.29, 1.82) is 0 Å². The summed E-state index contributed by atoms with van der Waals surface area (Å²) in [5.41, 5.74) is 1.04. The first-order valence-corrected chi connectivity index (χ1v) is 6.28. The largest absolute Gasteiger partial charge is 0.463 e. The summed E-state index contributed by atoms with van der Waals surface area (Å²) in [5, 5.41) is 0. The Morgan fingerprint density at radius 2 is 2.25 bits per heavy atom. The van der Waals surface area contributed by atoms with Crippen LogP contribution in [0.4, 0.5) is 0 Å². The lowest BCUT2D eigenvalue weighted by Crippen LogP contribution is -2.35. The van der Waals surface area contributed by atoms with Crippen LogP contribution in [0.1, 0.15) is 45.4 Å². The molecule has 1 saturated heterocycles. The van der Waals surface area contributed by atoms with Gasteiger partial charge in [-0.25, -0.2) is 4.79 Å². The van der Waals surface area contributed by atoms with Gasteiger partial charge >= 0.3 is 5.97 Å². The van der Waals surface area contributed by atoms with E-state index >= 15 is 0 Å². The summed E-state index contributed by atoms with van der Waals surface area (Å²) in [6.07, 6.45) is 8.27. The third-order valence-corrected chi connectivity index (χ3v) is 3.54. The molecule has 1 unspecified atom stereocenters. The van der Waals surface area contributed by atoms with Gasteiger partial charge in [-0.15, -0.1) is 0 Å². The van der Waals surface area contributed by atoms with Crippen LogP contribution >= 0.6 is 0 Å². The normalized spacial score (nSPS) is 32.2. The number of hydrogen-bond donors (Lipinski definition) is 0. The summed E-state index contributed by atoms with van der Waals surface area (Å²) in [5.74, 6) is -0.215. The first-order chi connectivity index (χ1) is 7.77. The summed E-state index contributed by atoms with van der Waals surface area (Å²) < 4.78 is 10.9. The van der Waals surface area contributed by atoms with E-state index in [0.717, 1.165) is 44.3 Å². The maximum atomic E-state index is 11.5. The second-order valence-electron chi connectivity index (χ2n) is 4.58. The fourth-order valence-electron chi connectivity index (χ4n) is 2.79. The van der Waals surface area contributed by atoms with E-state index in [9.17, 15) is 4.79 Å². The molecule has 0 bridgehead atoms. The van der Waals surface area contributed by atoms with Gasteiger partial charge in [-0.2, -0.15) is 0 Å². The fraction of sp³-hybridized carbons (Fsp3) is 0.769. The van der Waals surface area contributed by atoms with Crippen molar-refractivity contribution in [3.63, 3.8) is 0 Å². The van der Waals surface area contributed by atoms with E-state index in [2.05, 4.69) is 0 Å². The van der Waals surface area contributed by atoms with Gasteiger partial charge in [0.15, 0.2) is 0 Å². The lowest BCUT2D eigenvalue weighted by Gasteiger charge is -2.35. The molecule has 1 heterocycles. The highest BCUT2D eigenvalue weighted by atomic mass is 16.5. The summed E-state index contributed by atoms with van der Waals surface area (Å²) in [6, 6.07) is 0. The van der Waals surface area contributed by atoms with Crippen molar-refractivity contribution in [1.82, 2.24) is 0 Å². The standard InChI is InChI=1S/C13H20O3/c1-2-15-12(14)10-11-6-5-8-13(11)7-3-4-9-16-13/h10H,2-9H2,1H3/b11-10-. The average molecular weight is 224 g/mol. The summed E-state index contributed by atoms with van der Waals surface area (Å²) in [6.45, 7) is 3.11. The number of esters is 1. The third kappa shape index (κ3) is 2.29. The van der Waals surface area contributed by atoms with Crippen LogP contribution in [0.5, 0.6) is 0 Å². The molecule has 2 fully saturated rings. The molecule has 0 aromatic carbocycles. The van der Waals surface area contributed by atoms with Crippen molar-refractivity contribution in [3.8, 4) is 0 Å². The zero-order valence-electron chi connectivity index (χ0n) is 9.96. The molecule has 1 atom stereocenters. The van der Waals surface area contributed by atoms with Crippen LogP contribution in [0.3, 0.4) is 0 Å². The predicted molar refractivity (Wildman–Crippen MR) is 61.1 cm³/mol. The van der Waals surface area contributed by atoms with Gasteiger partial charge in [-0.1, -0.05) is 0 Å². The molecule has 3 nitrogen and oxygen atoms in total. The molecule has 90 valence electrons. The van der Waals surface area contributed by atoms with Crippen LogP contribution in [-0.2, 0) is 14.3 Å². The van der Waals surface area contributed by atoms with Crippen LogP contribution in [0.2, 0.25) is 0 Å². The molecule has 0 N–H and O–H groups in total. The zero-order chi connectivity index (χ0) is 11.4. The Morgan fingerprint density at radius 3 is 2.94 bits per heavy atom. The summed E-state index contributed by atoms with van der Waals surface area (Å²) >= 11 is 0. The highest BCUT2D eigenvalue weighted by Gasteiger charge is 2.40. The monoisotopic (exact) mass is 224 g/mol. The Morgan fingerprint density at radius 1 is 1.44 bits per heavy atom. The molecule has 0 amide bonds. The number of ether oxygens (including phenoxy) is 2. The Labute approximate surface area is 96.8 Å². The van der Waals surface area contributed by atoms with E-state index in [-0.39, 0.29) is 11.6 Å². The van der Waals surface area contributed by atoms with Gasteiger partial charge in [0.2, 0.25) is 0 Å². The quantitative estimate of drug-likeness (QED) is 0.534. The van der Waals surface area contributed by atoms with E-state index in [1.54, 1.807) is 6.08 Å². The van der Waals surface area contributed by atoms with Gasteiger partial charge in [0.1, 0.15) is 0 Å². The van der Waals surface area contributed by atoms with Crippen molar-refractivity contribution in [2.75, 3.05) is 13.2 Å². The van der Waals surface area contributed by atoms with Crippen LogP contribution in [-0.4, -0.2) is 24.8 Å². The van der Waals surface area contributed by atoms with Crippen molar-refractivity contribution in [2.45, 2.75) is 51.0 Å². The van der Waals surface area contributed by atoms with Crippen molar-refractivity contribution >= 4 is 5.97 Å². The molecule has 0 aromatic rings. The highest BCUT2D eigenvalue weighted by molar-refractivity contribution is 5.83. The maximum Gasteiger partial charge on any atom is 0.330 e. The molecule has 3 heteroatoms. The van der Waals surface area contributed by atoms with Crippen LogP contribution in [0.25, 0.3) is 0 Å². The smallest absolute Gasteiger partial charge is 0.330 e. The average Bonchev–Trinajstić information content (AvgIpc) is 2.63. The number of carbonyl (C=O) groups excluding carboxylic acids is 1. The molecule has 16 heavy (non-hydrogen) atoms. The molecule has 0 aromatic heterocycles. The Kier molecular flexibility index (Phi) is 3.64. The molecule has 1 aliphatic carbocycles. The minimum absolute atomic E-state index is 0.120. The van der Waals surface area contributed by atoms with Gasteiger partial charge in [0, 0.05) is 12.7 Å². The summed E-state index contributed by atoms with van der Waals surface area (Å²) in [7, 11) is 0. The van der Waals surface area contributed by atoms with Gasteiger partial charge in [-0.05, 0) is 51.0 Å². The minimum Gasteiger partial charge on any atom is -0.463 e. The van der Waals surface area contributed by atoms with Gasteiger partial charge in [0.25, 0.3) is 0 Å². The van der Waals surface area contributed by atoms with Crippen molar-refractivity contribution < 1.29 is 14.3 Å². The first kappa shape index (κ1) is 11.6. The molecule has 0 radical (unpaired) electrons. The van der Waals surface area contributed by atoms with Gasteiger partial charge in [-0.3, -0.25) is 0 Å². The van der Waals surface area contributed by atoms with Gasteiger partial charge < -0.3 is 9.47 Å². The predicted octanol–water partition coefficient (Wildman–Crippen LogP) is 2.60. The molecule has 2 rings (SSSR count). The second-order valence-corrected chi connectivity index (χ2v) is 4.58. The fourth-order valence-corrected chi connectivity index (χ4v) is 2.79. The topological polar surface area (TPSA) is 35.5 Å². The molecular formula is C13H20O3. The molecule has 1 saturated carbocycles. The van der Waals surface area contributed by atoms with E-state index in [1.807, 2.05) is 6.92 Å². The Balaban J connectivity index is 2.10. The van der Waals surface area contributed by atoms with Crippen LogP contribution < -0.4 is 0 Å². The van der Waals surface area contributed by atoms with Crippen molar-refractivity contribution in [2.24, 2.45) is 0 Å². The molecule has 1 aliphatic heterocycles. The number of carbonyl (C=O) groups is 1. The highest BCUT2D eigenvalue weighted by Crippen LogP contribution is 2.44. The second kappa shape index (κ2) is 5.00. The summed E-state index contributed by atoms with van der Waals surface area (Å²) in [4.78, 5) is 11.5. The Hall–Kier alpha value is -0.830. The van der Waals surface area contributed by atoms with Crippen molar-refractivity contribution in [3.05, 3.63) is 11.6 Å². The molecular weight excluding hydrogens is 204 g/mol. The van der Waals surface area contributed by atoms with E-state index in [4.69, 9.17) is 9.47 Å².